The number of hydrogen-bond donors (Lipinski definition) is 3. The molecule has 1 aromatic carbocycles. The lowest BCUT2D eigenvalue weighted by atomic mass is 10.1. The molecule has 4 N–H and O–H groups in total. The number of rotatable bonds is 5. The lowest BCUT2D eigenvalue weighted by Gasteiger charge is -2.16. The van der Waals surface area contributed by atoms with E-state index in [2.05, 4.69) is 4.72 Å². The Labute approximate surface area is 106 Å². The molecule has 1 aromatic rings. The first kappa shape index (κ1) is 14.5. The largest absolute Gasteiger partial charge is 0.480 e. The van der Waals surface area contributed by atoms with E-state index < -0.39 is 27.3 Å². The van der Waals surface area contributed by atoms with Crippen molar-refractivity contribution >= 4 is 21.7 Å². The summed E-state index contributed by atoms with van der Waals surface area (Å²) in [5.74, 6) is -1.38. The molecular weight excluding hydrogens is 256 g/mol. The van der Waals surface area contributed by atoms with E-state index in [-0.39, 0.29) is 0 Å². The number of hydrogen-bond acceptors (Lipinski definition) is 4. The van der Waals surface area contributed by atoms with Gasteiger partial charge in [0.2, 0.25) is 10.0 Å². The summed E-state index contributed by atoms with van der Waals surface area (Å²) in [6.07, 6.45) is 0. The fourth-order valence-corrected chi connectivity index (χ4v) is 2.43. The van der Waals surface area contributed by atoms with Crippen LogP contribution in [0.3, 0.4) is 0 Å². The van der Waals surface area contributed by atoms with Gasteiger partial charge in [0.1, 0.15) is 0 Å². The quantitative estimate of drug-likeness (QED) is 0.684. The summed E-state index contributed by atoms with van der Waals surface area (Å²) in [6.45, 7) is 2.76. The maximum absolute atomic E-state index is 11.7. The number of aliphatic carboxylic acids is 1. The number of sulfonamides is 1. The molecule has 0 radical (unpaired) electrons. The van der Waals surface area contributed by atoms with Crippen molar-refractivity contribution in [2.75, 3.05) is 5.73 Å². The van der Waals surface area contributed by atoms with Gasteiger partial charge in [-0.2, -0.15) is 0 Å². The van der Waals surface area contributed by atoms with Crippen molar-refractivity contribution in [3.8, 4) is 0 Å². The van der Waals surface area contributed by atoms with Crippen LogP contribution in [0.15, 0.2) is 24.3 Å². The van der Waals surface area contributed by atoms with Gasteiger partial charge >= 0.3 is 5.97 Å². The van der Waals surface area contributed by atoms with E-state index in [9.17, 15) is 13.2 Å². The highest BCUT2D eigenvalue weighted by Gasteiger charge is 2.29. The van der Waals surface area contributed by atoms with Gasteiger partial charge in [0.25, 0.3) is 0 Å². The molecule has 0 fully saturated rings. The van der Waals surface area contributed by atoms with E-state index in [1.807, 2.05) is 0 Å². The summed E-state index contributed by atoms with van der Waals surface area (Å²) in [4.78, 5) is 10.7. The van der Waals surface area contributed by atoms with E-state index >= 15 is 0 Å². The SMILES string of the molecule is CC(NS(=O)(=O)C(C)C(=O)O)c1ccc(N)cc1. The standard InChI is InChI=1S/C11H16N2O4S/c1-7(9-3-5-10(12)6-4-9)13-18(16,17)8(2)11(14)15/h3-8,13H,12H2,1-2H3,(H,14,15). The second-order valence-corrected chi connectivity index (χ2v) is 6.06. The molecule has 0 aromatic heterocycles. The average Bonchev–Trinajstić information content (AvgIpc) is 2.28. The van der Waals surface area contributed by atoms with Crippen molar-refractivity contribution < 1.29 is 18.3 Å². The van der Waals surface area contributed by atoms with Crippen molar-refractivity contribution in [1.29, 1.82) is 0 Å². The zero-order chi connectivity index (χ0) is 13.9. The molecule has 6 nitrogen and oxygen atoms in total. The second kappa shape index (κ2) is 5.36. The summed E-state index contributed by atoms with van der Waals surface area (Å²) in [5, 5.41) is 7.21. The van der Waals surface area contributed by atoms with Crippen LogP contribution in [0.1, 0.15) is 25.5 Å². The Morgan fingerprint density at radius 2 is 1.78 bits per heavy atom. The van der Waals surface area contributed by atoms with Crippen LogP contribution in [-0.4, -0.2) is 24.7 Å². The molecule has 7 heteroatoms. The van der Waals surface area contributed by atoms with Crippen molar-refractivity contribution in [3.05, 3.63) is 29.8 Å². The number of anilines is 1. The highest BCUT2D eigenvalue weighted by molar-refractivity contribution is 7.90. The highest BCUT2D eigenvalue weighted by atomic mass is 32.2. The first-order chi connectivity index (χ1) is 8.24. The molecule has 0 saturated carbocycles. The molecular formula is C11H16N2O4S. The fraction of sp³-hybridized carbons (Fsp3) is 0.364. The van der Waals surface area contributed by atoms with Gasteiger partial charge in [-0.05, 0) is 31.5 Å². The van der Waals surface area contributed by atoms with Crippen LogP contribution in [-0.2, 0) is 14.8 Å². The van der Waals surface area contributed by atoms with E-state index in [4.69, 9.17) is 10.8 Å². The van der Waals surface area contributed by atoms with Crippen molar-refractivity contribution in [3.63, 3.8) is 0 Å². The molecule has 0 amide bonds. The van der Waals surface area contributed by atoms with Crippen molar-refractivity contribution in [2.45, 2.75) is 25.1 Å². The zero-order valence-electron chi connectivity index (χ0n) is 10.1. The molecule has 18 heavy (non-hydrogen) atoms. The van der Waals surface area contributed by atoms with Gasteiger partial charge in [0, 0.05) is 11.7 Å². The zero-order valence-corrected chi connectivity index (χ0v) is 10.9. The van der Waals surface area contributed by atoms with Crippen molar-refractivity contribution in [2.24, 2.45) is 0 Å². The molecule has 0 bridgehead atoms. The van der Waals surface area contributed by atoms with Gasteiger partial charge in [-0.1, -0.05) is 12.1 Å². The van der Waals surface area contributed by atoms with Gasteiger partial charge in [0.05, 0.1) is 0 Å². The van der Waals surface area contributed by atoms with Gasteiger partial charge < -0.3 is 10.8 Å². The van der Waals surface area contributed by atoms with E-state index in [1.54, 1.807) is 31.2 Å². The topological polar surface area (TPSA) is 109 Å². The Kier molecular flexibility index (Phi) is 4.31. The second-order valence-electron chi connectivity index (χ2n) is 4.03. The van der Waals surface area contributed by atoms with Gasteiger partial charge in [-0.25, -0.2) is 13.1 Å². The minimum absolute atomic E-state index is 0.516. The molecule has 2 unspecified atom stereocenters. The van der Waals surface area contributed by atoms with Crippen LogP contribution in [0, 0.1) is 0 Å². The smallest absolute Gasteiger partial charge is 0.323 e. The Morgan fingerprint density at radius 3 is 2.22 bits per heavy atom. The minimum atomic E-state index is -3.90. The summed E-state index contributed by atoms with van der Waals surface area (Å²) in [6, 6.07) is 6.17. The normalized spacial score (nSPS) is 15.0. The maximum Gasteiger partial charge on any atom is 0.323 e. The van der Waals surface area contributed by atoms with Crippen LogP contribution in [0.25, 0.3) is 0 Å². The van der Waals surface area contributed by atoms with Crippen LogP contribution < -0.4 is 10.5 Å². The van der Waals surface area contributed by atoms with E-state index in [1.165, 1.54) is 0 Å². The lowest BCUT2D eigenvalue weighted by molar-refractivity contribution is -0.136. The average molecular weight is 272 g/mol. The number of carboxylic acids is 1. The summed E-state index contributed by atoms with van der Waals surface area (Å²) >= 11 is 0. The molecule has 0 spiro atoms. The number of benzene rings is 1. The van der Waals surface area contributed by atoms with Gasteiger partial charge in [-0.3, -0.25) is 4.79 Å². The predicted octanol–water partition coefficient (Wildman–Crippen LogP) is 0.722. The number of carboxylic acid groups (broad SMARTS) is 1. The molecule has 1 rings (SSSR count). The first-order valence-electron chi connectivity index (χ1n) is 5.33. The third-order valence-corrected chi connectivity index (χ3v) is 4.41. The number of nitrogens with two attached hydrogens (primary N) is 1. The van der Waals surface area contributed by atoms with Gasteiger partial charge in [-0.15, -0.1) is 0 Å². The Bertz CT molecular complexity index is 524. The highest BCUT2D eigenvalue weighted by Crippen LogP contribution is 2.16. The Morgan fingerprint density at radius 1 is 1.28 bits per heavy atom. The molecule has 0 saturated heterocycles. The minimum Gasteiger partial charge on any atom is -0.480 e. The molecule has 0 aliphatic carbocycles. The van der Waals surface area contributed by atoms with Gasteiger partial charge in [0.15, 0.2) is 5.25 Å². The van der Waals surface area contributed by atoms with Crippen LogP contribution in [0.2, 0.25) is 0 Å². The number of nitrogens with one attached hydrogen (secondary N) is 1. The molecule has 2 atom stereocenters. The van der Waals surface area contributed by atoms with Crippen LogP contribution in [0.5, 0.6) is 0 Å². The third-order valence-electron chi connectivity index (χ3n) is 2.59. The summed E-state index contributed by atoms with van der Waals surface area (Å²) < 4.78 is 25.7. The van der Waals surface area contributed by atoms with Crippen molar-refractivity contribution in [1.82, 2.24) is 4.72 Å². The monoisotopic (exact) mass is 272 g/mol. The number of carbonyl (C=O) groups is 1. The third kappa shape index (κ3) is 3.44. The predicted molar refractivity (Wildman–Crippen MR) is 68.4 cm³/mol. The maximum atomic E-state index is 11.7. The summed E-state index contributed by atoms with van der Waals surface area (Å²) in [5.41, 5.74) is 6.82. The Hall–Kier alpha value is -1.60. The first-order valence-corrected chi connectivity index (χ1v) is 6.88. The van der Waals surface area contributed by atoms with Crippen LogP contribution in [0.4, 0.5) is 5.69 Å². The lowest BCUT2D eigenvalue weighted by Crippen LogP contribution is -2.38. The molecule has 0 aliphatic rings. The van der Waals surface area contributed by atoms with Crippen LogP contribution >= 0.6 is 0 Å². The molecule has 0 aliphatic heterocycles. The fourth-order valence-electron chi connectivity index (χ4n) is 1.33. The Balaban J connectivity index is 2.85. The van der Waals surface area contributed by atoms with E-state index in [0.717, 1.165) is 6.92 Å². The number of nitrogen functional groups attached to an aromatic ring is 1. The molecule has 0 heterocycles. The summed E-state index contributed by atoms with van der Waals surface area (Å²) in [7, 11) is -3.90. The molecule has 100 valence electrons. The van der Waals surface area contributed by atoms with E-state index in [0.29, 0.717) is 11.3 Å².